The molecule has 106 valence electrons. The second-order valence-electron chi connectivity index (χ2n) is 4.32. The third-order valence-electron chi connectivity index (χ3n) is 2.85. The number of phenolic OH excluding ortho intramolecular Hbond substituents is 1. The van der Waals surface area contributed by atoms with Gasteiger partial charge in [0, 0.05) is 13.1 Å². The Morgan fingerprint density at radius 3 is 2.74 bits per heavy atom. The van der Waals surface area contributed by atoms with E-state index in [0.717, 1.165) is 12.8 Å². The summed E-state index contributed by atoms with van der Waals surface area (Å²) < 4.78 is 5.08. The molecule has 0 atom stereocenters. The monoisotopic (exact) mass is 266 g/mol. The Hall–Kier alpha value is -1.75. The number of carbonyl (C=O) groups excluding carboxylic acids is 1. The SMILES string of the molecule is CCCN(CCCN)C(=O)c1cc(OC)ccc1O. The number of aromatic hydroxyl groups is 1. The number of hydrogen-bond acceptors (Lipinski definition) is 4. The average molecular weight is 266 g/mol. The first-order valence-corrected chi connectivity index (χ1v) is 6.50. The number of rotatable bonds is 7. The summed E-state index contributed by atoms with van der Waals surface area (Å²) >= 11 is 0. The van der Waals surface area contributed by atoms with E-state index >= 15 is 0 Å². The van der Waals surface area contributed by atoms with Crippen LogP contribution in [-0.2, 0) is 0 Å². The smallest absolute Gasteiger partial charge is 0.257 e. The van der Waals surface area contributed by atoms with Crippen molar-refractivity contribution in [3.8, 4) is 11.5 Å². The van der Waals surface area contributed by atoms with Gasteiger partial charge in [-0.05, 0) is 37.6 Å². The molecule has 0 fully saturated rings. The van der Waals surface area contributed by atoms with E-state index in [1.54, 1.807) is 17.0 Å². The molecule has 0 aromatic heterocycles. The zero-order valence-corrected chi connectivity index (χ0v) is 11.6. The van der Waals surface area contributed by atoms with Crippen LogP contribution < -0.4 is 10.5 Å². The number of phenols is 1. The Kier molecular flexibility index (Phi) is 6.15. The molecule has 1 amide bonds. The highest BCUT2D eigenvalue weighted by molar-refractivity contribution is 5.97. The lowest BCUT2D eigenvalue weighted by Crippen LogP contribution is -2.33. The van der Waals surface area contributed by atoms with Crippen LogP contribution in [-0.4, -0.2) is 42.7 Å². The second-order valence-corrected chi connectivity index (χ2v) is 4.32. The summed E-state index contributed by atoms with van der Waals surface area (Å²) in [6.07, 6.45) is 1.61. The normalized spacial score (nSPS) is 10.3. The van der Waals surface area contributed by atoms with Gasteiger partial charge in [0.15, 0.2) is 0 Å². The molecule has 0 unspecified atom stereocenters. The van der Waals surface area contributed by atoms with E-state index in [2.05, 4.69) is 0 Å². The summed E-state index contributed by atoms with van der Waals surface area (Å²) in [5.41, 5.74) is 5.75. The Labute approximate surface area is 114 Å². The molecular formula is C14H22N2O3. The topological polar surface area (TPSA) is 75.8 Å². The molecule has 0 bridgehead atoms. The van der Waals surface area contributed by atoms with Gasteiger partial charge in [-0.2, -0.15) is 0 Å². The van der Waals surface area contributed by atoms with E-state index in [1.165, 1.54) is 13.2 Å². The van der Waals surface area contributed by atoms with Gasteiger partial charge in [0.1, 0.15) is 11.5 Å². The minimum absolute atomic E-state index is 0.0281. The Morgan fingerprint density at radius 2 is 2.16 bits per heavy atom. The van der Waals surface area contributed by atoms with Gasteiger partial charge >= 0.3 is 0 Å². The number of ether oxygens (including phenoxy) is 1. The lowest BCUT2D eigenvalue weighted by Gasteiger charge is -2.22. The van der Waals surface area contributed by atoms with Crippen molar-refractivity contribution in [2.24, 2.45) is 5.73 Å². The Balaban J connectivity index is 2.94. The summed E-state index contributed by atoms with van der Waals surface area (Å²) in [6, 6.07) is 4.65. The molecule has 5 heteroatoms. The van der Waals surface area contributed by atoms with E-state index in [0.29, 0.717) is 25.4 Å². The van der Waals surface area contributed by atoms with Crippen molar-refractivity contribution >= 4 is 5.91 Å². The lowest BCUT2D eigenvalue weighted by molar-refractivity contribution is 0.0751. The van der Waals surface area contributed by atoms with Crippen LogP contribution in [0.3, 0.4) is 0 Å². The summed E-state index contributed by atoms with van der Waals surface area (Å²) in [7, 11) is 1.53. The fourth-order valence-corrected chi connectivity index (χ4v) is 1.85. The van der Waals surface area contributed by atoms with Crippen LogP contribution in [0.15, 0.2) is 18.2 Å². The molecule has 0 heterocycles. The molecule has 0 spiro atoms. The van der Waals surface area contributed by atoms with Crippen LogP contribution in [0, 0.1) is 0 Å². The fraction of sp³-hybridized carbons (Fsp3) is 0.500. The highest BCUT2D eigenvalue weighted by atomic mass is 16.5. The van der Waals surface area contributed by atoms with Crippen molar-refractivity contribution in [3.63, 3.8) is 0 Å². The van der Waals surface area contributed by atoms with Crippen LogP contribution in [0.1, 0.15) is 30.1 Å². The maximum atomic E-state index is 12.4. The number of nitrogens with two attached hydrogens (primary N) is 1. The van der Waals surface area contributed by atoms with Gasteiger partial charge in [0.2, 0.25) is 0 Å². The van der Waals surface area contributed by atoms with Crippen molar-refractivity contribution in [2.75, 3.05) is 26.7 Å². The first-order valence-electron chi connectivity index (χ1n) is 6.50. The summed E-state index contributed by atoms with van der Waals surface area (Å²) in [5.74, 6) is 0.336. The Bertz CT molecular complexity index is 421. The maximum absolute atomic E-state index is 12.4. The average Bonchev–Trinajstić information content (AvgIpc) is 2.43. The van der Waals surface area contributed by atoms with Gasteiger partial charge < -0.3 is 20.5 Å². The highest BCUT2D eigenvalue weighted by Gasteiger charge is 2.18. The zero-order chi connectivity index (χ0) is 14.3. The summed E-state index contributed by atoms with van der Waals surface area (Å²) in [5, 5.41) is 9.82. The largest absolute Gasteiger partial charge is 0.507 e. The first kappa shape index (κ1) is 15.3. The molecule has 3 N–H and O–H groups in total. The molecule has 1 aromatic carbocycles. The highest BCUT2D eigenvalue weighted by Crippen LogP contribution is 2.24. The number of amides is 1. The third kappa shape index (κ3) is 4.13. The van der Waals surface area contributed by atoms with Crippen molar-refractivity contribution < 1.29 is 14.6 Å². The van der Waals surface area contributed by atoms with Crippen LogP contribution >= 0.6 is 0 Å². The number of benzene rings is 1. The van der Waals surface area contributed by atoms with Gasteiger partial charge in [-0.1, -0.05) is 6.92 Å². The van der Waals surface area contributed by atoms with E-state index in [1.807, 2.05) is 6.92 Å². The van der Waals surface area contributed by atoms with Gasteiger partial charge in [-0.15, -0.1) is 0 Å². The van der Waals surface area contributed by atoms with Crippen molar-refractivity contribution in [1.29, 1.82) is 0 Å². The van der Waals surface area contributed by atoms with E-state index in [-0.39, 0.29) is 17.2 Å². The molecular weight excluding hydrogens is 244 g/mol. The van der Waals surface area contributed by atoms with Gasteiger partial charge in [-0.3, -0.25) is 4.79 Å². The van der Waals surface area contributed by atoms with E-state index in [9.17, 15) is 9.90 Å². The van der Waals surface area contributed by atoms with Gasteiger partial charge in [0.05, 0.1) is 12.7 Å². The summed E-state index contributed by atoms with van der Waals surface area (Å²) in [6.45, 7) is 3.79. The zero-order valence-electron chi connectivity index (χ0n) is 11.6. The molecule has 1 aromatic rings. The number of methoxy groups -OCH3 is 1. The lowest BCUT2D eigenvalue weighted by atomic mass is 10.1. The van der Waals surface area contributed by atoms with Crippen molar-refractivity contribution in [1.82, 2.24) is 4.90 Å². The molecule has 0 aliphatic heterocycles. The molecule has 0 radical (unpaired) electrons. The predicted molar refractivity (Wildman–Crippen MR) is 74.5 cm³/mol. The van der Waals surface area contributed by atoms with Crippen LogP contribution in [0.2, 0.25) is 0 Å². The van der Waals surface area contributed by atoms with Crippen LogP contribution in [0.4, 0.5) is 0 Å². The van der Waals surface area contributed by atoms with E-state index in [4.69, 9.17) is 10.5 Å². The number of carbonyl (C=O) groups is 1. The third-order valence-corrected chi connectivity index (χ3v) is 2.85. The molecule has 0 aliphatic rings. The van der Waals surface area contributed by atoms with Gasteiger partial charge in [-0.25, -0.2) is 0 Å². The first-order chi connectivity index (χ1) is 9.13. The molecule has 0 saturated heterocycles. The Morgan fingerprint density at radius 1 is 1.42 bits per heavy atom. The fourth-order valence-electron chi connectivity index (χ4n) is 1.85. The van der Waals surface area contributed by atoms with Crippen LogP contribution in [0.25, 0.3) is 0 Å². The summed E-state index contributed by atoms with van der Waals surface area (Å²) in [4.78, 5) is 14.1. The van der Waals surface area contributed by atoms with Crippen molar-refractivity contribution in [2.45, 2.75) is 19.8 Å². The molecule has 1 rings (SSSR count). The second kappa shape index (κ2) is 7.63. The van der Waals surface area contributed by atoms with Crippen molar-refractivity contribution in [3.05, 3.63) is 23.8 Å². The predicted octanol–water partition coefficient (Wildman–Crippen LogP) is 1.60. The number of nitrogens with zero attached hydrogens (tertiary/aromatic N) is 1. The van der Waals surface area contributed by atoms with Gasteiger partial charge in [0.25, 0.3) is 5.91 Å². The molecule has 5 nitrogen and oxygen atoms in total. The standard InChI is InChI=1S/C14H22N2O3/c1-3-8-16(9-4-7-15)14(18)12-10-11(19-2)5-6-13(12)17/h5-6,10,17H,3-4,7-9,15H2,1-2H3. The van der Waals surface area contributed by atoms with Crippen LogP contribution in [0.5, 0.6) is 11.5 Å². The molecule has 0 aliphatic carbocycles. The molecule has 19 heavy (non-hydrogen) atoms. The van der Waals surface area contributed by atoms with E-state index < -0.39 is 0 Å². The molecule has 0 saturated carbocycles. The maximum Gasteiger partial charge on any atom is 0.257 e. The quantitative estimate of drug-likeness (QED) is 0.786. The number of hydrogen-bond donors (Lipinski definition) is 2. The minimum atomic E-state index is -0.188. The minimum Gasteiger partial charge on any atom is -0.507 e.